The first-order valence-corrected chi connectivity index (χ1v) is 7.37. The van der Waals surface area contributed by atoms with Crippen molar-refractivity contribution in [2.24, 2.45) is 0 Å². The average molecular weight is 316 g/mol. The van der Waals surface area contributed by atoms with Crippen molar-refractivity contribution in [1.29, 1.82) is 0 Å². The highest BCUT2D eigenvalue weighted by atomic mass is 19.1. The molecule has 0 unspecified atom stereocenters. The van der Waals surface area contributed by atoms with Crippen molar-refractivity contribution in [1.82, 2.24) is 20.1 Å². The molecule has 2 heterocycles. The van der Waals surface area contributed by atoms with Gasteiger partial charge in [-0.2, -0.15) is 10.1 Å². The third kappa shape index (κ3) is 3.71. The van der Waals surface area contributed by atoms with Gasteiger partial charge in [0.05, 0.1) is 6.20 Å². The van der Waals surface area contributed by atoms with Crippen molar-refractivity contribution < 1.29 is 9.18 Å². The largest absolute Gasteiger partial charge is 0.352 e. The summed E-state index contributed by atoms with van der Waals surface area (Å²) in [6.45, 7) is 3.00. The molecule has 1 N–H and O–H groups in total. The smallest absolute Gasteiger partial charge is 0.244 e. The van der Waals surface area contributed by atoms with Gasteiger partial charge in [-0.05, 0) is 6.07 Å². The number of carbonyl (C=O) groups excluding carboxylic acids is 1. The number of piperazine rings is 1. The summed E-state index contributed by atoms with van der Waals surface area (Å²) in [7, 11) is 0. The third-order valence-electron chi connectivity index (χ3n) is 3.73. The Morgan fingerprint density at radius 1 is 1.22 bits per heavy atom. The zero-order valence-corrected chi connectivity index (χ0v) is 12.5. The van der Waals surface area contributed by atoms with E-state index in [1.807, 2.05) is 4.90 Å². The number of hydrogen-bond donors (Lipinski definition) is 1. The first-order chi connectivity index (χ1) is 11.3. The molecule has 1 amide bonds. The summed E-state index contributed by atoms with van der Waals surface area (Å²) in [5.41, 5.74) is 0.543. The molecule has 3 rings (SSSR count). The summed E-state index contributed by atoms with van der Waals surface area (Å²) >= 11 is 0. The molecule has 1 fully saturated rings. The number of carbonyl (C=O) groups is 1. The Hall–Kier alpha value is -2.77. The van der Waals surface area contributed by atoms with Gasteiger partial charge in [-0.1, -0.05) is 18.2 Å². The lowest BCUT2D eigenvalue weighted by Crippen LogP contribution is -2.46. The van der Waals surface area contributed by atoms with E-state index in [0.717, 1.165) is 6.41 Å². The van der Waals surface area contributed by atoms with Gasteiger partial charge in [-0.15, -0.1) is 5.10 Å². The molecule has 0 aliphatic carbocycles. The van der Waals surface area contributed by atoms with Gasteiger partial charge in [0.2, 0.25) is 12.4 Å². The standard InChI is InChI=1S/C15H17FN6O/c16-13-4-2-1-3-12(13)9-17-15-19-14(10-18-20-15)22-7-5-21(11-23)6-8-22/h1-4,10-11H,5-9H2,(H,17,19,20). The Bertz CT molecular complexity index is 675. The van der Waals surface area contributed by atoms with Gasteiger partial charge in [-0.25, -0.2) is 4.39 Å². The second-order valence-electron chi connectivity index (χ2n) is 5.21. The van der Waals surface area contributed by atoms with Crippen LogP contribution in [-0.4, -0.2) is 52.7 Å². The number of benzene rings is 1. The molecule has 1 aliphatic rings. The van der Waals surface area contributed by atoms with E-state index in [9.17, 15) is 9.18 Å². The van der Waals surface area contributed by atoms with Crippen molar-refractivity contribution in [3.8, 4) is 0 Å². The fourth-order valence-electron chi connectivity index (χ4n) is 2.39. The molecule has 1 aliphatic heterocycles. The Morgan fingerprint density at radius 3 is 2.74 bits per heavy atom. The Labute approximate surface area is 133 Å². The van der Waals surface area contributed by atoms with Gasteiger partial charge in [0.15, 0.2) is 5.82 Å². The van der Waals surface area contributed by atoms with E-state index >= 15 is 0 Å². The summed E-state index contributed by atoms with van der Waals surface area (Å²) in [5, 5.41) is 10.8. The van der Waals surface area contributed by atoms with Crippen molar-refractivity contribution in [2.75, 3.05) is 36.4 Å². The maximum absolute atomic E-state index is 13.6. The van der Waals surface area contributed by atoms with Crippen LogP contribution in [0.4, 0.5) is 16.2 Å². The number of rotatable bonds is 5. The summed E-state index contributed by atoms with van der Waals surface area (Å²) < 4.78 is 13.6. The second-order valence-corrected chi connectivity index (χ2v) is 5.21. The quantitative estimate of drug-likeness (QED) is 0.826. The van der Waals surface area contributed by atoms with E-state index in [1.165, 1.54) is 6.07 Å². The predicted octanol–water partition coefficient (Wildman–Crippen LogP) is 0.901. The van der Waals surface area contributed by atoms with Crippen LogP contribution in [-0.2, 0) is 11.3 Å². The fraction of sp³-hybridized carbons (Fsp3) is 0.333. The Kier molecular flexibility index (Phi) is 4.60. The molecule has 8 heteroatoms. The lowest BCUT2D eigenvalue weighted by molar-refractivity contribution is -0.118. The van der Waals surface area contributed by atoms with Crippen LogP contribution in [0.5, 0.6) is 0 Å². The molecule has 23 heavy (non-hydrogen) atoms. The molecule has 1 saturated heterocycles. The highest BCUT2D eigenvalue weighted by Gasteiger charge is 2.17. The van der Waals surface area contributed by atoms with Crippen LogP contribution in [0.15, 0.2) is 30.5 Å². The topological polar surface area (TPSA) is 74.2 Å². The van der Waals surface area contributed by atoms with Gasteiger partial charge >= 0.3 is 0 Å². The number of nitrogens with zero attached hydrogens (tertiary/aromatic N) is 5. The minimum Gasteiger partial charge on any atom is -0.352 e. The predicted molar refractivity (Wildman–Crippen MR) is 83.4 cm³/mol. The molecule has 1 aromatic carbocycles. The highest BCUT2D eigenvalue weighted by molar-refractivity contribution is 5.49. The van der Waals surface area contributed by atoms with Gasteiger partial charge in [0, 0.05) is 38.3 Å². The maximum Gasteiger partial charge on any atom is 0.244 e. The average Bonchev–Trinajstić information content (AvgIpc) is 2.61. The number of hydrogen-bond acceptors (Lipinski definition) is 6. The van der Waals surface area contributed by atoms with E-state index in [4.69, 9.17) is 0 Å². The molecule has 120 valence electrons. The van der Waals surface area contributed by atoms with Crippen molar-refractivity contribution >= 4 is 18.2 Å². The van der Waals surface area contributed by atoms with Crippen molar-refractivity contribution in [3.63, 3.8) is 0 Å². The maximum atomic E-state index is 13.6. The van der Waals surface area contributed by atoms with E-state index in [2.05, 4.69) is 20.5 Å². The molecule has 0 spiro atoms. The molecule has 0 saturated carbocycles. The molecule has 2 aromatic rings. The molecular weight excluding hydrogens is 299 g/mol. The van der Waals surface area contributed by atoms with Crippen LogP contribution >= 0.6 is 0 Å². The number of halogens is 1. The van der Waals surface area contributed by atoms with Gasteiger partial charge in [0.1, 0.15) is 5.82 Å². The molecule has 0 atom stereocenters. The molecular formula is C15H17FN6O. The van der Waals surface area contributed by atoms with Crippen LogP contribution in [0, 0.1) is 5.82 Å². The molecule has 1 aromatic heterocycles. The highest BCUT2D eigenvalue weighted by Crippen LogP contribution is 2.14. The summed E-state index contributed by atoms with van der Waals surface area (Å²) in [4.78, 5) is 18.9. The van der Waals surface area contributed by atoms with E-state index in [0.29, 0.717) is 43.5 Å². The monoisotopic (exact) mass is 316 g/mol. The fourth-order valence-corrected chi connectivity index (χ4v) is 2.39. The first-order valence-electron chi connectivity index (χ1n) is 7.37. The van der Waals surface area contributed by atoms with Crippen LogP contribution in [0.25, 0.3) is 0 Å². The van der Waals surface area contributed by atoms with Crippen molar-refractivity contribution in [3.05, 3.63) is 41.8 Å². The number of amides is 1. The lowest BCUT2D eigenvalue weighted by atomic mass is 10.2. The molecule has 0 radical (unpaired) electrons. The summed E-state index contributed by atoms with van der Waals surface area (Å²) in [5.74, 6) is 0.777. The van der Waals surface area contributed by atoms with E-state index in [1.54, 1.807) is 29.3 Å². The number of anilines is 2. The van der Waals surface area contributed by atoms with Crippen LogP contribution < -0.4 is 10.2 Å². The van der Waals surface area contributed by atoms with E-state index in [-0.39, 0.29) is 12.4 Å². The van der Waals surface area contributed by atoms with E-state index < -0.39 is 0 Å². The zero-order valence-electron chi connectivity index (χ0n) is 12.5. The minimum absolute atomic E-state index is 0.269. The van der Waals surface area contributed by atoms with Gasteiger partial charge < -0.3 is 15.1 Å². The summed E-state index contributed by atoms with van der Waals surface area (Å²) in [6, 6.07) is 6.55. The first kappa shape index (κ1) is 15.1. The lowest BCUT2D eigenvalue weighted by Gasteiger charge is -2.33. The second kappa shape index (κ2) is 6.99. The number of aromatic nitrogens is 3. The van der Waals surface area contributed by atoms with Gasteiger partial charge in [0.25, 0.3) is 0 Å². The Morgan fingerprint density at radius 2 is 2.00 bits per heavy atom. The minimum atomic E-state index is -0.269. The molecule has 7 nitrogen and oxygen atoms in total. The Balaban J connectivity index is 1.64. The molecule has 0 bridgehead atoms. The van der Waals surface area contributed by atoms with Crippen molar-refractivity contribution in [2.45, 2.75) is 6.54 Å². The third-order valence-corrected chi connectivity index (χ3v) is 3.73. The number of nitrogens with one attached hydrogen (secondary N) is 1. The van der Waals surface area contributed by atoms with Gasteiger partial charge in [-0.3, -0.25) is 4.79 Å². The van der Waals surface area contributed by atoms with Crippen LogP contribution in [0.3, 0.4) is 0 Å². The summed E-state index contributed by atoms with van der Waals surface area (Å²) in [6.07, 6.45) is 2.45. The normalized spacial score (nSPS) is 14.7. The SMILES string of the molecule is O=CN1CCN(c2cnnc(NCc3ccccc3F)n2)CC1. The van der Waals surface area contributed by atoms with Crippen LogP contribution in [0.1, 0.15) is 5.56 Å². The van der Waals surface area contributed by atoms with Crippen LogP contribution in [0.2, 0.25) is 0 Å². The zero-order chi connectivity index (χ0) is 16.1.